The number of amides is 1. The summed E-state index contributed by atoms with van der Waals surface area (Å²) in [7, 11) is 1.56. The quantitative estimate of drug-likeness (QED) is 0.544. The van der Waals surface area contributed by atoms with E-state index in [0.717, 1.165) is 0 Å². The number of methoxy groups -OCH3 is 1. The molecule has 0 saturated carbocycles. The number of ether oxygens (including phenoxy) is 2. The number of hydrogen-bond acceptors (Lipinski definition) is 4. The average Bonchev–Trinajstić information content (AvgIpc) is 2.17. The molecule has 1 atom stereocenters. The third-order valence-electron chi connectivity index (χ3n) is 1.65. The molecular formula is C9H17NO5. The van der Waals surface area contributed by atoms with Crippen LogP contribution in [0.3, 0.4) is 0 Å². The number of carboxylic acid groups (broad SMARTS) is 1. The van der Waals surface area contributed by atoms with Crippen LogP contribution in [0.5, 0.6) is 0 Å². The van der Waals surface area contributed by atoms with Crippen LogP contribution < -0.4 is 5.32 Å². The van der Waals surface area contributed by atoms with Crippen molar-refractivity contribution in [2.24, 2.45) is 0 Å². The summed E-state index contributed by atoms with van der Waals surface area (Å²) in [6, 6.07) is -0.864. The summed E-state index contributed by atoms with van der Waals surface area (Å²) in [6.45, 7) is 2.58. The van der Waals surface area contributed by atoms with Crippen molar-refractivity contribution < 1.29 is 24.2 Å². The first-order chi connectivity index (χ1) is 7.07. The molecule has 0 rings (SSSR count). The standard InChI is InChI=1S/C9H17NO5/c1-7(9(12)13)10-8(11)3-4-15-6-5-14-2/h7H,3-6H2,1-2H3,(H,10,11)(H,12,13). The van der Waals surface area contributed by atoms with E-state index >= 15 is 0 Å². The SMILES string of the molecule is COCCOCCC(=O)NC(C)C(=O)O. The molecule has 1 unspecified atom stereocenters. The Hall–Kier alpha value is -1.14. The highest BCUT2D eigenvalue weighted by molar-refractivity contribution is 5.83. The summed E-state index contributed by atoms with van der Waals surface area (Å²) in [5.41, 5.74) is 0. The summed E-state index contributed by atoms with van der Waals surface area (Å²) >= 11 is 0. The minimum absolute atomic E-state index is 0.154. The van der Waals surface area contributed by atoms with Gasteiger partial charge >= 0.3 is 5.97 Å². The lowest BCUT2D eigenvalue weighted by molar-refractivity contribution is -0.141. The Labute approximate surface area is 88.6 Å². The monoisotopic (exact) mass is 219 g/mol. The van der Waals surface area contributed by atoms with Crippen LogP contribution in [0, 0.1) is 0 Å². The Morgan fingerprint density at radius 3 is 2.53 bits per heavy atom. The van der Waals surface area contributed by atoms with Crippen molar-refractivity contribution >= 4 is 11.9 Å². The third-order valence-corrected chi connectivity index (χ3v) is 1.65. The van der Waals surface area contributed by atoms with E-state index in [9.17, 15) is 9.59 Å². The van der Waals surface area contributed by atoms with E-state index in [0.29, 0.717) is 13.2 Å². The van der Waals surface area contributed by atoms with Crippen LogP contribution in [0.2, 0.25) is 0 Å². The first-order valence-corrected chi connectivity index (χ1v) is 4.66. The minimum atomic E-state index is -1.05. The molecule has 0 heterocycles. The number of aliphatic carboxylic acids is 1. The van der Waals surface area contributed by atoms with E-state index in [4.69, 9.17) is 14.6 Å². The maximum Gasteiger partial charge on any atom is 0.325 e. The van der Waals surface area contributed by atoms with E-state index in [1.165, 1.54) is 6.92 Å². The maximum absolute atomic E-state index is 11.1. The topological polar surface area (TPSA) is 84.9 Å². The van der Waals surface area contributed by atoms with Gasteiger partial charge in [0.1, 0.15) is 6.04 Å². The largest absolute Gasteiger partial charge is 0.480 e. The van der Waals surface area contributed by atoms with Crippen LogP contribution in [0.25, 0.3) is 0 Å². The van der Waals surface area contributed by atoms with Crippen LogP contribution in [0.1, 0.15) is 13.3 Å². The fourth-order valence-electron chi connectivity index (χ4n) is 0.785. The van der Waals surface area contributed by atoms with Crippen LogP contribution in [0.15, 0.2) is 0 Å². The number of nitrogens with one attached hydrogen (secondary N) is 1. The van der Waals surface area contributed by atoms with Crippen LogP contribution in [-0.2, 0) is 19.1 Å². The van der Waals surface area contributed by atoms with Crippen molar-refractivity contribution in [3.8, 4) is 0 Å². The molecule has 0 spiro atoms. The van der Waals surface area contributed by atoms with Crippen molar-refractivity contribution in [2.45, 2.75) is 19.4 Å². The Kier molecular flexibility index (Phi) is 7.57. The fourth-order valence-corrected chi connectivity index (χ4v) is 0.785. The summed E-state index contributed by atoms with van der Waals surface area (Å²) in [5, 5.41) is 10.8. The zero-order chi connectivity index (χ0) is 11.7. The van der Waals surface area contributed by atoms with Crippen molar-refractivity contribution in [3.05, 3.63) is 0 Å². The lowest BCUT2D eigenvalue weighted by Crippen LogP contribution is -2.38. The molecule has 0 fully saturated rings. The zero-order valence-corrected chi connectivity index (χ0v) is 8.99. The number of hydrogen-bond donors (Lipinski definition) is 2. The predicted octanol–water partition coefficient (Wildman–Crippen LogP) is -0.371. The third kappa shape index (κ3) is 7.90. The minimum Gasteiger partial charge on any atom is -0.480 e. The highest BCUT2D eigenvalue weighted by atomic mass is 16.5. The molecule has 0 aromatic heterocycles. The molecule has 0 aliphatic heterocycles. The summed E-state index contributed by atoms with van der Waals surface area (Å²) in [6.07, 6.45) is 0.154. The Morgan fingerprint density at radius 2 is 2.00 bits per heavy atom. The van der Waals surface area contributed by atoms with Gasteiger partial charge in [-0.25, -0.2) is 0 Å². The number of carbonyl (C=O) groups is 2. The van der Waals surface area contributed by atoms with E-state index in [1.54, 1.807) is 7.11 Å². The Bertz CT molecular complexity index is 207. The summed E-state index contributed by atoms with van der Waals surface area (Å²) in [5.74, 6) is -1.38. The molecule has 0 aliphatic rings. The second-order valence-corrected chi connectivity index (χ2v) is 2.98. The molecule has 88 valence electrons. The van der Waals surface area contributed by atoms with Gasteiger partial charge in [-0.05, 0) is 6.92 Å². The number of rotatable bonds is 8. The van der Waals surface area contributed by atoms with Gasteiger partial charge in [-0.15, -0.1) is 0 Å². The highest BCUT2D eigenvalue weighted by Gasteiger charge is 2.13. The molecule has 2 N–H and O–H groups in total. The second kappa shape index (κ2) is 8.19. The molecule has 0 aliphatic carbocycles. The van der Waals surface area contributed by atoms with Crippen molar-refractivity contribution in [2.75, 3.05) is 26.9 Å². The molecule has 0 aromatic rings. The lowest BCUT2D eigenvalue weighted by atomic mass is 10.3. The van der Waals surface area contributed by atoms with Gasteiger partial charge in [0.05, 0.1) is 19.8 Å². The summed E-state index contributed by atoms with van der Waals surface area (Å²) in [4.78, 5) is 21.5. The highest BCUT2D eigenvalue weighted by Crippen LogP contribution is 1.87. The second-order valence-electron chi connectivity index (χ2n) is 2.98. The van der Waals surface area contributed by atoms with Gasteiger partial charge in [0.2, 0.25) is 5.91 Å². The fraction of sp³-hybridized carbons (Fsp3) is 0.778. The van der Waals surface area contributed by atoms with Gasteiger partial charge in [0, 0.05) is 13.5 Å². The molecule has 6 nitrogen and oxygen atoms in total. The molecule has 1 amide bonds. The van der Waals surface area contributed by atoms with Gasteiger partial charge in [0.25, 0.3) is 0 Å². The van der Waals surface area contributed by atoms with Crippen LogP contribution in [0.4, 0.5) is 0 Å². The van der Waals surface area contributed by atoms with E-state index < -0.39 is 12.0 Å². The molecule has 0 bridgehead atoms. The molecule has 15 heavy (non-hydrogen) atoms. The van der Waals surface area contributed by atoms with Gasteiger partial charge in [-0.1, -0.05) is 0 Å². The smallest absolute Gasteiger partial charge is 0.325 e. The lowest BCUT2D eigenvalue weighted by Gasteiger charge is -2.09. The molecule has 0 radical (unpaired) electrons. The van der Waals surface area contributed by atoms with E-state index in [1.807, 2.05) is 0 Å². The first kappa shape index (κ1) is 13.9. The summed E-state index contributed by atoms with van der Waals surface area (Å²) < 4.78 is 9.80. The maximum atomic E-state index is 11.1. The first-order valence-electron chi connectivity index (χ1n) is 4.66. The van der Waals surface area contributed by atoms with Crippen molar-refractivity contribution in [1.29, 1.82) is 0 Å². The molecular weight excluding hydrogens is 202 g/mol. The molecule has 0 saturated heterocycles. The van der Waals surface area contributed by atoms with Gasteiger partial charge in [-0.3, -0.25) is 9.59 Å². The number of carbonyl (C=O) groups excluding carboxylic acids is 1. The molecule has 0 aromatic carbocycles. The van der Waals surface area contributed by atoms with Gasteiger partial charge in [0.15, 0.2) is 0 Å². The zero-order valence-electron chi connectivity index (χ0n) is 8.99. The molecule has 6 heteroatoms. The van der Waals surface area contributed by atoms with Gasteiger partial charge in [-0.2, -0.15) is 0 Å². The predicted molar refractivity (Wildman–Crippen MR) is 52.6 cm³/mol. The average molecular weight is 219 g/mol. The number of carboxylic acids is 1. The van der Waals surface area contributed by atoms with E-state index in [-0.39, 0.29) is 18.9 Å². The normalized spacial score (nSPS) is 12.1. The Morgan fingerprint density at radius 1 is 1.33 bits per heavy atom. The van der Waals surface area contributed by atoms with Gasteiger partial charge < -0.3 is 19.9 Å². The Balaban J connectivity index is 3.45. The van der Waals surface area contributed by atoms with E-state index in [2.05, 4.69) is 5.32 Å². The van der Waals surface area contributed by atoms with Crippen LogP contribution in [-0.4, -0.2) is 50.0 Å². The van der Waals surface area contributed by atoms with Crippen molar-refractivity contribution in [1.82, 2.24) is 5.32 Å². The van der Waals surface area contributed by atoms with Crippen molar-refractivity contribution in [3.63, 3.8) is 0 Å². The van der Waals surface area contributed by atoms with Crippen LogP contribution >= 0.6 is 0 Å².